The molecule has 0 aliphatic carbocycles. The van der Waals surface area contributed by atoms with Crippen molar-refractivity contribution in [3.8, 4) is 11.8 Å². The number of nitrogens with zero attached hydrogens (tertiary/aromatic N) is 5. The molecule has 0 bridgehead atoms. The monoisotopic (exact) mass is 586 g/mol. The number of nitriles is 1. The summed E-state index contributed by atoms with van der Waals surface area (Å²) in [7, 11) is 0. The van der Waals surface area contributed by atoms with E-state index in [0.29, 0.717) is 58.0 Å². The molecule has 0 unspecified atom stereocenters. The van der Waals surface area contributed by atoms with Crippen molar-refractivity contribution in [3.63, 3.8) is 0 Å². The predicted octanol–water partition coefficient (Wildman–Crippen LogP) is 3.59. The Balaban J connectivity index is 1.02. The fraction of sp³-hybridized carbons (Fsp3) is 0.333. The maximum atomic E-state index is 14.4. The molecule has 3 aliphatic heterocycles. The molecule has 1 N–H and O–H groups in total. The number of benzene rings is 2. The maximum absolute atomic E-state index is 14.4. The molecule has 3 amide bonds. The average Bonchev–Trinajstić information content (AvgIpc) is 3.33. The van der Waals surface area contributed by atoms with Crippen LogP contribution in [0.4, 0.5) is 10.1 Å². The minimum absolute atomic E-state index is 0.200. The fourth-order valence-electron chi connectivity index (χ4n) is 5.53. The number of carbonyl (C=O) groups excluding carboxylic acids is 3. The Kier molecular flexibility index (Phi) is 7.75. The van der Waals surface area contributed by atoms with Crippen LogP contribution in [0.25, 0.3) is 0 Å². The molecule has 1 aromatic heterocycles. The van der Waals surface area contributed by atoms with Crippen LogP contribution >= 0.6 is 11.8 Å². The Bertz CT molecular complexity index is 1590. The van der Waals surface area contributed by atoms with E-state index in [9.17, 15) is 18.8 Å². The number of hydrogen-bond acceptors (Lipinski definition) is 9. The standard InChI is InChI=1S/C30H27FN6O4S/c31-23-12-18(13-32)4-5-24(23)36-10-8-20(9-11-36)42-30-33-14-19(15-34-30)17-41-26-3-1-2-21-22(26)16-37(29(21)40)25-6-7-27(38)35-28(25)39/h1-5,12,14-15,20,25H,6-11,16-17H2,(H,35,38,39)/t25-/m1/s1. The van der Waals surface area contributed by atoms with Gasteiger partial charge >= 0.3 is 0 Å². The van der Waals surface area contributed by atoms with E-state index in [1.54, 1.807) is 54.5 Å². The van der Waals surface area contributed by atoms with Gasteiger partial charge in [0.05, 0.1) is 23.9 Å². The number of carbonyl (C=O) groups is 3. The van der Waals surface area contributed by atoms with Crippen LogP contribution < -0.4 is 15.0 Å². The number of imide groups is 1. The third kappa shape index (κ3) is 5.65. The minimum atomic E-state index is -0.682. The Hall–Kier alpha value is -4.50. The van der Waals surface area contributed by atoms with Crippen LogP contribution in [0.1, 0.15) is 52.7 Å². The van der Waals surface area contributed by atoms with Crippen molar-refractivity contribution in [1.29, 1.82) is 5.26 Å². The van der Waals surface area contributed by atoms with E-state index in [2.05, 4.69) is 15.3 Å². The molecule has 4 heterocycles. The van der Waals surface area contributed by atoms with E-state index in [-0.39, 0.29) is 37.2 Å². The molecule has 2 aromatic carbocycles. The SMILES string of the molecule is N#Cc1ccc(N2CCC(Sc3ncc(COc4cccc5c4CN([C@@H]4CCC(=O)NC4=O)C5=O)cn3)CC2)c(F)c1. The molecule has 0 spiro atoms. The van der Waals surface area contributed by atoms with Crippen LogP contribution in [0.15, 0.2) is 53.9 Å². The Labute approximate surface area is 245 Å². The minimum Gasteiger partial charge on any atom is -0.488 e. The van der Waals surface area contributed by atoms with Gasteiger partial charge in [0.15, 0.2) is 5.16 Å². The normalized spacial score (nSPS) is 19.0. The van der Waals surface area contributed by atoms with Gasteiger partial charge in [-0.2, -0.15) is 5.26 Å². The molecule has 0 radical (unpaired) electrons. The lowest BCUT2D eigenvalue weighted by Crippen LogP contribution is -2.52. The molecule has 3 aromatic rings. The van der Waals surface area contributed by atoms with E-state index in [1.165, 1.54) is 11.0 Å². The van der Waals surface area contributed by atoms with Gasteiger partial charge in [0.1, 0.15) is 24.2 Å². The van der Waals surface area contributed by atoms with Crippen molar-refractivity contribution >= 4 is 35.2 Å². The number of hydrogen-bond donors (Lipinski definition) is 1. The second kappa shape index (κ2) is 11.8. The molecular formula is C30H27FN6O4S. The molecule has 1 atom stereocenters. The van der Waals surface area contributed by atoms with Crippen LogP contribution in [-0.4, -0.2) is 57.0 Å². The number of ether oxygens (including phenoxy) is 1. The number of aromatic nitrogens is 2. The fourth-order valence-corrected chi connectivity index (χ4v) is 6.50. The molecule has 214 valence electrons. The van der Waals surface area contributed by atoms with Crippen molar-refractivity contribution in [2.75, 3.05) is 18.0 Å². The van der Waals surface area contributed by atoms with Gasteiger partial charge in [-0.15, -0.1) is 0 Å². The van der Waals surface area contributed by atoms with Gasteiger partial charge in [0, 0.05) is 53.8 Å². The van der Waals surface area contributed by atoms with E-state index < -0.39 is 11.9 Å². The van der Waals surface area contributed by atoms with Crippen LogP contribution in [0.5, 0.6) is 5.75 Å². The molecule has 42 heavy (non-hydrogen) atoms. The predicted molar refractivity (Wildman–Crippen MR) is 151 cm³/mol. The number of rotatable bonds is 7. The van der Waals surface area contributed by atoms with Gasteiger partial charge in [-0.1, -0.05) is 17.8 Å². The first-order valence-corrected chi connectivity index (χ1v) is 14.6. The van der Waals surface area contributed by atoms with Crippen LogP contribution in [0.2, 0.25) is 0 Å². The first-order chi connectivity index (χ1) is 20.4. The van der Waals surface area contributed by atoms with E-state index in [1.807, 2.05) is 11.0 Å². The lowest BCUT2D eigenvalue weighted by molar-refractivity contribution is -0.136. The van der Waals surface area contributed by atoms with E-state index in [0.717, 1.165) is 18.4 Å². The number of anilines is 1. The highest BCUT2D eigenvalue weighted by Crippen LogP contribution is 2.34. The lowest BCUT2D eigenvalue weighted by Gasteiger charge is -2.33. The number of halogens is 1. The van der Waals surface area contributed by atoms with Gasteiger partial charge in [0.2, 0.25) is 11.8 Å². The van der Waals surface area contributed by atoms with Crippen molar-refractivity contribution in [2.45, 2.75) is 55.3 Å². The molecule has 6 rings (SSSR count). The summed E-state index contributed by atoms with van der Waals surface area (Å²) < 4.78 is 20.5. The van der Waals surface area contributed by atoms with Crippen molar-refractivity contribution in [2.24, 2.45) is 0 Å². The van der Waals surface area contributed by atoms with Crippen LogP contribution in [0, 0.1) is 17.1 Å². The first kappa shape index (κ1) is 27.7. The van der Waals surface area contributed by atoms with Crippen LogP contribution in [-0.2, 0) is 22.7 Å². The quantitative estimate of drug-likeness (QED) is 0.326. The third-order valence-electron chi connectivity index (χ3n) is 7.75. The molecular weight excluding hydrogens is 559 g/mol. The molecule has 10 nitrogen and oxygen atoms in total. The Morgan fingerprint density at radius 2 is 1.88 bits per heavy atom. The van der Waals surface area contributed by atoms with E-state index in [4.69, 9.17) is 10.00 Å². The number of fused-ring (bicyclic) bond motifs is 1. The Morgan fingerprint density at radius 1 is 1.10 bits per heavy atom. The number of nitrogens with one attached hydrogen (secondary N) is 1. The summed E-state index contributed by atoms with van der Waals surface area (Å²) in [4.78, 5) is 49.4. The molecule has 3 aliphatic rings. The van der Waals surface area contributed by atoms with Gasteiger partial charge in [-0.05, 0) is 49.6 Å². The summed E-state index contributed by atoms with van der Waals surface area (Å²) in [5.74, 6) is -0.837. The third-order valence-corrected chi connectivity index (χ3v) is 8.97. The van der Waals surface area contributed by atoms with Crippen molar-refractivity contribution in [3.05, 3.63) is 76.9 Å². The van der Waals surface area contributed by atoms with E-state index >= 15 is 0 Å². The smallest absolute Gasteiger partial charge is 0.255 e. The van der Waals surface area contributed by atoms with Gasteiger partial charge in [-0.25, -0.2) is 14.4 Å². The van der Waals surface area contributed by atoms with Gasteiger partial charge in [0.25, 0.3) is 5.91 Å². The number of piperidine rings is 2. The lowest BCUT2D eigenvalue weighted by atomic mass is 10.0. The maximum Gasteiger partial charge on any atom is 0.255 e. The zero-order chi connectivity index (χ0) is 29.2. The van der Waals surface area contributed by atoms with Crippen molar-refractivity contribution < 1.29 is 23.5 Å². The molecule has 2 fully saturated rings. The zero-order valence-electron chi connectivity index (χ0n) is 22.6. The molecule has 0 saturated carbocycles. The zero-order valence-corrected chi connectivity index (χ0v) is 23.4. The first-order valence-electron chi connectivity index (χ1n) is 13.7. The summed E-state index contributed by atoms with van der Waals surface area (Å²) in [5.41, 5.74) is 2.82. The second-order valence-electron chi connectivity index (χ2n) is 10.4. The molecule has 12 heteroatoms. The van der Waals surface area contributed by atoms with Gasteiger partial charge in [-0.3, -0.25) is 19.7 Å². The summed E-state index contributed by atoms with van der Waals surface area (Å²) in [6.07, 6.45) is 5.65. The summed E-state index contributed by atoms with van der Waals surface area (Å²) in [5, 5.41) is 12.2. The van der Waals surface area contributed by atoms with Crippen LogP contribution in [0.3, 0.4) is 0 Å². The topological polar surface area (TPSA) is 129 Å². The van der Waals surface area contributed by atoms with Crippen molar-refractivity contribution in [1.82, 2.24) is 20.2 Å². The highest BCUT2D eigenvalue weighted by atomic mass is 32.2. The largest absolute Gasteiger partial charge is 0.488 e. The Morgan fingerprint density at radius 3 is 2.60 bits per heavy atom. The second-order valence-corrected chi connectivity index (χ2v) is 11.7. The molecule has 2 saturated heterocycles. The summed E-state index contributed by atoms with van der Waals surface area (Å²) in [6.45, 7) is 1.86. The highest BCUT2D eigenvalue weighted by Gasteiger charge is 2.40. The summed E-state index contributed by atoms with van der Waals surface area (Å²) >= 11 is 1.60. The number of amides is 3. The van der Waals surface area contributed by atoms with Gasteiger partial charge < -0.3 is 14.5 Å². The summed E-state index contributed by atoms with van der Waals surface area (Å²) in [6, 6.07) is 11.1. The highest BCUT2D eigenvalue weighted by molar-refractivity contribution is 7.99. The average molecular weight is 587 g/mol. The number of thioether (sulfide) groups is 1.